The van der Waals surface area contributed by atoms with Gasteiger partial charge in [-0.05, 0) is 35.9 Å². The molecule has 0 bridgehead atoms. The minimum atomic E-state index is -0.444. The number of rotatable bonds is 2. The van der Waals surface area contributed by atoms with Crippen LogP contribution < -0.4 is 4.90 Å². The summed E-state index contributed by atoms with van der Waals surface area (Å²) in [5.41, 5.74) is 1.53. The molecule has 0 aliphatic carbocycles. The van der Waals surface area contributed by atoms with Gasteiger partial charge in [0.05, 0.1) is 0 Å². The van der Waals surface area contributed by atoms with Gasteiger partial charge in [0.2, 0.25) is 0 Å². The van der Waals surface area contributed by atoms with Crippen LogP contribution in [-0.4, -0.2) is 24.1 Å². The first kappa shape index (κ1) is 11.1. The van der Waals surface area contributed by atoms with Crippen molar-refractivity contribution in [2.45, 2.75) is 12.8 Å². The van der Waals surface area contributed by atoms with Gasteiger partial charge in [-0.1, -0.05) is 0 Å². The Hall–Kier alpha value is -1.35. The van der Waals surface area contributed by atoms with E-state index in [1.54, 1.807) is 12.1 Å². The zero-order valence-corrected chi connectivity index (χ0v) is 9.54. The highest BCUT2D eigenvalue weighted by Crippen LogP contribution is 2.19. The molecule has 1 aliphatic rings. The number of hydrogen-bond acceptors (Lipinski definition) is 3. The molecular formula is C12H12ClNO2. The first-order chi connectivity index (χ1) is 7.66. The Balaban J connectivity index is 2.10. The number of piperidine rings is 1. The lowest BCUT2D eigenvalue weighted by molar-refractivity contribution is -0.119. The second-order valence-electron chi connectivity index (χ2n) is 3.85. The van der Waals surface area contributed by atoms with E-state index in [1.165, 1.54) is 0 Å². The number of carbonyl (C=O) groups is 2. The Morgan fingerprint density at radius 3 is 2.19 bits per heavy atom. The van der Waals surface area contributed by atoms with Crippen molar-refractivity contribution in [3.05, 3.63) is 29.8 Å². The SMILES string of the molecule is O=C1CCN(c2ccc(C(=O)Cl)cc2)CC1. The van der Waals surface area contributed by atoms with Crippen molar-refractivity contribution >= 4 is 28.3 Å². The van der Waals surface area contributed by atoms with Gasteiger partial charge in [0.1, 0.15) is 5.78 Å². The lowest BCUT2D eigenvalue weighted by Gasteiger charge is -2.28. The molecule has 3 nitrogen and oxygen atoms in total. The molecule has 1 heterocycles. The third-order valence-corrected chi connectivity index (χ3v) is 3.00. The molecule has 1 fully saturated rings. The fourth-order valence-electron chi connectivity index (χ4n) is 1.82. The Morgan fingerprint density at radius 2 is 1.69 bits per heavy atom. The first-order valence-electron chi connectivity index (χ1n) is 5.23. The summed E-state index contributed by atoms with van der Waals surface area (Å²) in [6, 6.07) is 7.15. The maximum atomic E-state index is 11.1. The highest BCUT2D eigenvalue weighted by atomic mass is 35.5. The van der Waals surface area contributed by atoms with Gasteiger partial charge < -0.3 is 4.90 Å². The van der Waals surface area contributed by atoms with E-state index in [2.05, 4.69) is 4.90 Å². The molecule has 0 atom stereocenters. The monoisotopic (exact) mass is 237 g/mol. The van der Waals surface area contributed by atoms with Crippen LogP contribution in [0.1, 0.15) is 23.2 Å². The molecule has 0 N–H and O–H groups in total. The topological polar surface area (TPSA) is 37.4 Å². The quantitative estimate of drug-likeness (QED) is 0.741. The molecule has 0 spiro atoms. The second-order valence-corrected chi connectivity index (χ2v) is 4.19. The molecule has 2 rings (SSSR count). The van der Waals surface area contributed by atoms with Crippen LogP contribution in [0.4, 0.5) is 5.69 Å². The van der Waals surface area contributed by atoms with Crippen molar-refractivity contribution < 1.29 is 9.59 Å². The zero-order valence-electron chi connectivity index (χ0n) is 8.78. The molecule has 1 saturated heterocycles. The van der Waals surface area contributed by atoms with Crippen LogP contribution in [0.15, 0.2) is 24.3 Å². The van der Waals surface area contributed by atoms with Gasteiger partial charge in [0.15, 0.2) is 0 Å². The highest BCUT2D eigenvalue weighted by molar-refractivity contribution is 6.67. The van der Waals surface area contributed by atoms with Crippen LogP contribution in [0.25, 0.3) is 0 Å². The lowest BCUT2D eigenvalue weighted by atomic mass is 10.1. The average molecular weight is 238 g/mol. The van der Waals surface area contributed by atoms with Crippen LogP contribution in [0, 0.1) is 0 Å². The molecule has 0 amide bonds. The highest BCUT2D eigenvalue weighted by Gasteiger charge is 2.16. The van der Waals surface area contributed by atoms with Crippen molar-refractivity contribution in [3.63, 3.8) is 0 Å². The van der Waals surface area contributed by atoms with Crippen molar-refractivity contribution in [1.82, 2.24) is 0 Å². The van der Waals surface area contributed by atoms with Gasteiger partial charge in [-0.2, -0.15) is 0 Å². The first-order valence-corrected chi connectivity index (χ1v) is 5.61. The molecule has 1 aliphatic heterocycles. The number of carbonyl (C=O) groups excluding carboxylic acids is 2. The van der Waals surface area contributed by atoms with E-state index in [4.69, 9.17) is 11.6 Å². The van der Waals surface area contributed by atoms with Gasteiger partial charge in [0.25, 0.3) is 5.24 Å². The molecule has 1 aromatic carbocycles. The van der Waals surface area contributed by atoms with E-state index in [0.29, 0.717) is 24.2 Å². The van der Waals surface area contributed by atoms with Crippen molar-refractivity contribution in [1.29, 1.82) is 0 Å². The predicted octanol–water partition coefficient (Wildman–Crippen LogP) is 2.23. The summed E-state index contributed by atoms with van der Waals surface area (Å²) in [5, 5.41) is -0.444. The standard InChI is InChI=1S/C12H12ClNO2/c13-12(16)9-1-3-10(4-2-9)14-7-5-11(15)6-8-14/h1-4H,5-8H2. The third-order valence-electron chi connectivity index (χ3n) is 2.78. The molecule has 16 heavy (non-hydrogen) atoms. The lowest BCUT2D eigenvalue weighted by Crippen LogP contribution is -2.33. The average Bonchev–Trinajstić information content (AvgIpc) is 2.30. The van der Waals surface area contributed by atoms with Gasteiger partial charge in [-0.3, -0.25) is 9.59 Å². The number of Topliss-reactive ketones (excluding diaryl/α,β-unsaturated/α-hetero) is 1. The van der Waals surface area contributed by atoms with E-state index in [0.717, 1.165) is 18.8 Å². The van der Waals surface area contributed by atoms with Crippen LogP contribution in [0.3, 0.4) is 0 Å². The summed E-state index contributed by atoms with van der Waals surface area (Å²) in [5.74, 6) is 0.323. The number of hydrogen-bond donors (Lipinski definition) is 0. The smallest absolute Gasteiger partial charge is 0.252 e. The van der Waals surface area contributed by atoms with Crippen LogP contribution in [0.2, 0.25) is 0 Å². The minimum absolute atomic E-state index is 0.323. The maximum absolute atomic E-state index is 11.1. The summed E-state index contributed by atoms with van der Waals surface area (Å²) in [4.78, 5) is 24.1. The van der Waals surface area contributed by atoms with E-state index in [9.17, 15) is 9.59 Å². The van der Waals surface area contributed by atoms with Gasteiger partial charge in [-0.15, -0.1) is 0 Å². The number of halogens is 1. The van der Waals surface area contributed by atoms with Gasteiger partial charge in [-0.25, -0.2) is 0 Å². The molecule has 4 heteroatoms. The summed E-state index contributed by atoms with van der Waals surface area (Å²) in [6.07, 6.45) is 1.21. The number of benzene rings is 1. The zero-order chi connectivity index (χ0) is 11.5. The fraction of sp³-hybridized carbons (Fsp3) is 0.333. The van der Waals surface area contributed by atoms with Gasteiger partial charge >= 0.3 is 0 Å². The van der Waals surface area contributed by atoms with Crippen molar-refractivity contribution in [3.8, 4) is 0 Å². The second kappa shape index (κ2) is 4.66. The Bertz CT molecular complexity index is 404. The fourth-order valence-corrected chi connectivity index (χ4v) is 1.94. The van der Waals surface area contributed by atoms with E-state index < -0.39 is 5.24 Å². The van der Waals surface area contributed by atoms with E-state index in [1.807, 2.05) is 12.1 Å². The summed E-state index contributed by atoms with van der Waals surface area (Å²) in [7, 11) is 0. The van der Waals surface area contributed by atoms with Crippen molar-refractivity contribution in [2.24, 2.45) is 0 Å². The molecular weight excluding hydrogens is 226 g/mol. The summed E-state index contributed by atoms with van der Waals surface area (Å²) >= 11 is 5.36. The van der Waals surface area contributed by atoms with Crippen molar-refractivity contribution in [2.75, 3.05) is 18.0 Å². The predicted molar refractivity (Wildman–Crippen MR) is 63.1 cm³/mol. The normalized spacial score (nSPS) is 16.3. The maximum Gasteiger partial charge on any atom is 0.252 e. The molecule has 0 aromatic heterocycles. The van der Waals surface area contributed by atoms with E-state index in [-0.39, 0.29) is 0 Å². The number of anilines is 1. The van der Waals surface area contributed by atoms with E-state index >= 15 is 0 Å². The number of ketones is 1. The Kier molecular flexibility index (Phi) is 3.25. The molecule has 1 aromatic rings. The molecule has 0 radical (unpaired) electrons. The minimum Gasteiger partial charge on any atom is -0.371 e. The summed E-state index contributed by atoms with van der Waals surface area (Å²) in [6.45, 7) is 1.51. The molecule has 0 unspecified atom stereocenters. The number of nitrogens with zero attached hydrogens (tertiary/aromatic N) is 1. The van der Waals surface area contributed by atoms with Crippen LogP contribution in [0.5, 0.6) is 0 Å². The summed E-state index contributed by atoms with van der Waals surface area (Å²) < 4.78 is 0. The Labute approximate surface area is 99.0 Å². The van der Waals surface area contributed by atoms with Crippen LogP contribution >= 0.6 is 11.6 Å². The Morgan fingerprint density at radius 1 is 1.12 bits per heavy atom. The largest absolute Gasteiger partial charge is 0.371 e. The molecule has 0 saturated carbocycles. The van der Waals surface area contributed by atoms with Gasteiger partial charge in [0, 0.05) is 37.2 Å². The van der Waals surface area contributed by atoms with Crippen LogP contribution in [-0.2, 0) is 4.79 Å². The third kappa shape index (κ3) is 2.42. The molecule has 84 valence electrons.